The molecular weight excluding hydrogens is 248 g/mol. The summed E-state index contributed by atoms with van der Waals surface area (Å²) in [7, 11) is 0. The maximum absolute atomic E-state index is 9.21. The van der Waals surface area contributed by atoms with Crippen LogP contribution < -0.4 is 5.32 Å². The standard InChI is InChI=1S/C17H28N2O/c1-3-19-9-5-7-16(12-19)11-18-14(2)17-8-4-6-15(10-17)13-20/h4,6,8,10,14,16,18,20H,3,5,7,9,11-13H2,1-2H3. The first-order chi connectivity index (χ1) is 9.72. The highest BCUT2D eigenvalue weighted by molar-refractivity contribution is 5.25. The topological polar surface area (TPSA) is 35.5 Å². The fraction of sp³-hybridized carbons (Fsp3) is 0.647. The first kappa shape index (κ1) is 15.5. The van der Waals surface area contributed by atoms with Gasteiger partial charge < -0.3 is 15.3 Å². The third-order valence-electron chi connectivity index (χ3n) is 4.40. The number of benzene rings is 1. The summed E-state index contributed by atoms with van der Waals surface area (Å²) in [5.41, 5.74) is 2.26. The van der Waals surface area contributed by atoms with Gasteiger partial charge in [-0.1, -0.05) is 31.2 Å². The molecule has 0 aromatic heterocycles. The van der Waals surface area contributed by atoms with Crippen LogP contribution in [0.4, 0.5) is 0 Å². The van der Waals surface area contributed by atoms with E-state index < -0.39 is 0 Å². The van der Waals surface area contributed by atoms with E-state index in [1.165, 1.54) is 38.0 Å². The van der Waals surface area contributed by atoms with Crippen molar-refractivity contribution >= 4 is 0 Å². The molecule has 2 atom stereocenters. The number of aliphatic hydroxyl groups is 1. The van der Waals surface area contributed by atoms with Crippen LogP contribution in [0.3, 0.4) is 0 Å². The van der Waals surface area contributed by atoms with E-state index in [2.05, 4.69) is 36.2 Å². The third kappa shape index (κ3) is 4.30. The van der Waals surface area contributed by atoms with E-state index in [9.17, 15) is 5.11 Å². The van der Waals surface area contributed by atoms with Gasteiger partial charge in [-0.05, 0) is 56.4 Å². The average molecular weight is 276 g/mol. The molecule has 112 valence electrons. The molecule has 2 N–H and O–H groups in total. The van der Waals surface area contributed by atoms with E-state index in [0.717, 1.165) is 18.0 Å². The molecule has 1 aromatic rings. The first-order valence-electron chi connectivity index (χ1n) is 7.88. The van der Waals surface area contributed by atoms with Gasteiger partial charge in [0.25, 0.3) is 0 Å². The highest BCUT2D eigenvalue weighted by Gasteiger charge is 2.19. The molecule has 0 saturated carbocycles. The lowest BCUT2D eigenvalue weighted by Crippen LogP contribution is -2.39. The van der Waals surface area contributed by atoms with E-state index in [-0.39, 0.29) is 6.61 Å². The average Bonchev–Trinajstić information content (AvgIpc) is 2.52. The van der Waals surface area contributed by atoms with Gasteiger partial charge in [-0.3, -0.25) is 0 Å². The van der Waals surface area contributed by atoms with Crippen LogP contribution in [0.1, 0.15) is 43.9 Å². The summed E-state index contributed by atoms with van der Waals surface area (Å²) in [5, 5.41) is 12.9. The zero-order valence-electron chi connectivity index (χ0n) is 12.8. The van der Waals surface area contributed by atoms with E-state index in [0.29, 0.717) is 6.04 Å². The van der Waals surface area contributed by atoms with E-state index in [1.54, 1.807) is 0 Å². The largest absolute Gasteiger partial charge is 0.392 e. The van der Waals surface area contributed by atoms with Crippen LogP contribution in [-0.2, 0) is 6.61 Å². The Hall–Kier alpha value is -0.900. The molecule has 1 saturated heterocycles. The number of rotatable bonds is 6. The van der Waals surface area contributed by atoms with Gasteiger partial charge in [-0.25, -0.2) is 0 Å². The molecule has 0 aliphatic carbocycles. The van der Waals surface area contributed by atoms with Gasteiger partial charge in [-0.2, -0.15) is 0 Å². The van der Waals surface area contributed by atoms with Crippen LogP contribution in [0.25, 0.3) is 0 Å². The van der Waals surface area contributed by atoms with Gasteiger partial charge in [0.2, 0.25) is 0 Å². The van der Waals surface area contributed by atoms with Crippen LogP contribution in [-0.4, -0.2) is 36.2 Å². The Balaban J connectivity index is 1.83. The molecule has 20 heavy (non-hydrogen) atoms. The summed E-state index contributed by atoms with van der Waals surface area (Å²) in [5.74, 6) is 0.771. The second kappa shape index (κ2) is 7.77. The SMILES string of the molecule is CCN1CCCC(CNC(C)c2cccc(CO)c2)C1. The van der Waals surface area contributed by atoms with Gasteiger partial charge >= 0.3 is 0 Å². The number of nitrogens with one attached hydrogen (secondary N) is 1. The Morgan fingerprint density at radius 2 is 2.30 bits per heavy atom. The quantitative estimate of drug-likeness (QED) is 0.838. The Kier molecular flexibility index (Phi) is 6.02. The number of likely N-dealkylation sites (tertiary alicyclic amines) is 1. The maximum Gasteiger partial charge on any atom is 0.0681 e. The molecule has 2 rings (SSSR count). The predicted molar refractivity (Wildman–Crippen MR) is 83.6 cm³/mol. The monoisotopic (exact) mass is 276 g/mol. The molecule has 0 amide bonds. The zero-order valence-corrected chi connectivity index (χ0v) is 12.8. The van der Waals surface area contributed by atoms with Crippen molar-refractivity contribution in [3.8, 4) is 0 Å². The van der Waals surface area contributed by atoms with E-state index in [1.807, 2.05) is 12.1 Å². The summed E-state index contributed by atoms with van der Waals surface area (Å²) in [6, 6.07) is 8.57. The highest BCUT2D eigenvalue weighted by Crippen LogP contribution is 2.18. The molecular formula is C17H28N2O. The van der Waals surface area contributed by atoms with Gasteiger partial charge in [0, 0.05) is 12.6 Å². The minimum absolute atomic E-state index is 0.120. The minimum Gasteiger partial charge on any atom is -0.392 e. The summed E-state index contributed by atoms with van der Waals surface area (Å²) >= 11 is 0. The normalized spacial score (nSPS) is 21.9. The Morgan fingerprint density at radius 3 is 3.05 bits per heavy atom. The van der Waals surface area contributed by atoms with Crippen LogP contribution in [0, 0.1) is 5.92 Å². The van der Waals surface area contributed by atoms with Crippen molar-refractivity contribution in [1.82, 2.24) is 10.2 Å². The van der Waals surface area contributed by atoms with Gasteiger partial charge in [0.1, 0.15) is 0 Å². The molecule has 0 radical (unpaired) electrons. The smallest absolute Gasteiger partial charge is 0.0681 e. The molecule has 2 unspecified atom stereocenters. The highest BCUT2D eigenvalue weighted by atomic mass is 16.3. The second-order valence-electron chi connectivity index (χ2n) is 5.93. The Labute approximate surface area is 123 Å². The number of piperidine rings is 1. The van der Waals surface area contributed by atoms with Crippen molar-refractivity contribution in [2.45, 2.75) is 39.3 Å². The molecule has 1 fully saturated rings. The van der Waals surface area contributed by atoms with E-state index in [4.69, 9.17) is 0 Å². The van der Waals surface area contributed by atoms with Gasteiger partial charge in [0.05, 0.1) is 6.61 Å². The van der Waals surface area contributed by atoms with Gasteiger partial charge in [-0.15, -0.1) is 0 Å². The zero-order chi connectivity index (χ0) is 14.4. The van der Waals surface area contributed by atoms with Crippen LogP contribution in [0.5, 0.6) is 0 Å². The lowest BCUT2D eigenvalue weighted by Gasteiger charge is -2.32. The molecule has 0 spiro atoms. The van der Waals surface area contributed by atoms with Crippen LogP contribution in [0.15, 0.2) is 24.3 Å². The van der Waals surface area contributed by atoms with Crippen molar-refractivity contribution in [2.75, 3.05) is 26.2 Å². The predicted octanol–water partition coefficient (Wildman–Crippen LogP) is 2.56. The van der Waals surface area contributed by atoms with Crippen molar-refractivity contribution in [2.24, 2.45) is 5.92 Å². The molecule has 1 aromatic carbocycles. The Morgan fingerprint density at radius 1 is 1.45 bits per heavy atom. The molecule has 1 aliphatic rings. The fourth-order valence-electron chi connectivity index (χ4n) is 3.03. The van der Waals surface area contributed by atoms with Gasteiger partial charge in [0.15, 0.2) is 0 Å². The minimum atomic E-state index is 0.120. The van der Waals surface area contributed by atoms with Crippen LogP contribution in [0.2, 0.25) is 0 Å². The van der Waals surface area contributed by atoms with Crippen LogP contribution >= 0.6 is 0 Å². The third-order valence-corrected chi connectivity index (χ3v) is 4.40. The maximum atomic E-state index is 9.21. The van der Waals surface area contributed by atoms with Crippen molar-refractivity contribution in [3.63, 3.8) is 0 Å². The second-order valence-corrected chi connectivity index (χ2v) is 5.93. The Bertz CT molecular complexity index is 408. The van der Waals surface area contributed by atoms with Crippen molar-refractivity contribution in [3.05, 3.63) is 35.4 Å². The summed E-state index contributed by atoms with van der Waals surface area (Å²) < 4.78 is 0. The molecule has 3 heteroatoms. The molecule has 0 bridgehead atoms. The lowest BCUT2D eigenvalue weighted by atomic mass is 9.97. The number of aliphatic hydroxyl groups excluding tert-OH is 1. The summed E-state index contributed by atoms with van der Waals surface area (Å²) in [6.45, 7) is 9.32. The molecule has 1 aliphatic heterocycles. The number of hydrogen-bond acceptors (Lipinski definition) is 3. The van der Waals surface area contributed by atoms with Crippen molar-refractivity contribution < 1.29 is 5.11 Å². The lowest BCUT2D eigenvalue weighted by molar-refractivity contribution is 0.178. The fourth-order valence-corrected chi connectivity index (χ4v) is 3.03. The molecule has 3 nitrogen and oxygen atoms in total. The van der Waals surface area contributed by atoms with E-state index >= 15 is 0 Å². The first-order valence-corrected chi connectivity index (χ1v) is 7.88. The summed E-state index contributed by atoms with van der Waals surface area (Å²) in [6.07, 6.45) is 2.67. The van der Waals surface area contributed by atoms with Crippen molar-refractivity contribution in [1.29, 1.82) is 0 Å². The number of hydrogen-bond donors (Lipinski definition) is 2. The summed E-state index contributed by atoms with van der Waals surface area (Å²) in [4.78, 5) is 2.55. The number of nitrogens with zero attached hydrogens (tertiary/aromatic N) is 1. The molecule has 1 heterocycles.